The molecule has 13 heavy (non-hydrogen) atoms. The van der Waals surface area contributed by atoms with Crippen molar-refractivity contribution >= 4 is 12.1 Å². The SMILES string of the molecule is C=C/N=C\N=C(/C=C)C(CC)CC. The van der Waals surface area contributed by atoms with Crippen LogP contribution in [0.4, 0.5) is 0 Å². The highest BCUT2D eigenvalue weighted by molar-refractivity contribution is 6.00. The minimum atomic E-state index is 0.494. The summed E-state index contributed by atoms with van der Waals surface area (Å²) in [6.45, 7) is 11.5. The lowest BCUT2D eigenvalue weighted by atomic mass is 9.97. The summed E-state index contributed by atoms with van der Waals surface area (Å²) in [5, 5.41) is 0. The van der Waals surface area contributed by atoms with Gasteiger partial charge in [0, 0.05) is 17.8 Å². The topological polar surface area (TPSA) is 24.7 Å². The van der Waals surface area contributed by atoms with E-state index < -0.39 is 0 Å². The van der Waals surface area contributed by atoms with Gasteiger partial charge in [-0.05, 0) is 18.9 Å². The summed E-state index contributed by atoms with van der Waals surface area (Å²) in [6, 6.07) is 0. The molecule has 0 amide bonds. The predicted octanol–water partition coefficient (Wildman–Crippen LogP) is 3.22. The maximum atomic E-state index is 4.21. The molecule has 0 aromatic heterocycles. The monoisotopic (exact) mass is 178 g/mol. The van der Waals surface area contributed by atoms with Crippen LogP contribution in [0.15, 0.2) is 35.4 Å². The van der Waals surface area contributed by atoms with Crippen LogP contribution >= 0.6 is 0 Å². The first-order valence-corrected chi connectivity index (χ1v) is 4.62. The Morgan fingerprint density at radius 1 is 1.31 bits per heavy atom. The molecule has 0 heterocycles. The van der Waals surface area contributed by atoms with Crippen molar-refractivity contribution in [1.82, 2.24) is 0 Å². The van der Waals surface area contributed by atoms with E-state index in [1.807, 2.05) is 0 Å². The Hall–Kier alpha value is -1.18. The highest BCUT2D eigenvalue weighted by atomic mass is 14.8. The zero-order valence-corrected chi connectivity index (χ0v) is 8.53. The van der Waals surface area contributed by atoms with Gasteiger partial charge in [0.1, 0.15) is 6.34 Å². The van der Waals surface area contributed by atoms with Gasteiger partial charge in [-0.3, -0.25) is 0 Å². The molecule has 0 spiro atoms. The summed E-state index contributed by atoms with van der Waals surface area (Å²) in [7, 11) is 0. The van der Waals surface area contributed by atoms with Gasteiger partial charge in [-0.25, -0.2) is 9.98 Å². The van der Waals surface area contributed by atoms with Gasteiger partial charge in [0.05, 0.1) is 0 Å². The Kier molecular flexibility index (Phi) is 6.79. The van der Waals surface area contributed by atoms with Gasteiger partial charge in [-0.2, -0.15) is 0 Å². The van der Waals surface area contributed by atoms with E-state index in [9.17, 15) is 0 Å². The van der Waals surface area contributed by atoms with Crippen molar-refractivity contribution in [3.63, 3.8) is 0 Å². The smallest absolute Gasteiger partial charge is 0.115 e. The molecule has 0 aliphatic rings. The van der Waals surface area contributed by atoms with Gasteiger partial charge in [0.2, 0.25) is 0 Å². The van der Waals surface area contributed by atoms with E-state index in [0.29, 0.717) is 5.92 Å². The second-order valence-electron chi connectivity index (χ2n) is 2.72. The lowest BCUT2D eigenvalue weighted by Crippen LogP contribution is -2.10. The van der Waals surface area contributed by atoms with Crippen molar-refractivity contribution in [3.05, 3.63) is 25.4 Å². The predicted molar refractivity (Wildman–Crippen MR) is 60.4 cm³/mol. The van der Waals surface area contributed by atoms with Gasteiger partial charge >= 0.3 is 0 Å². The van der Waals surface area contributed by atoms with Crippen LogP contribution in [0.25, 0.3) is 0 Å². The minimum absolute atomic E-state index is 0.494. The first-order chi connectivity index (χ1) is 6.29. The van der Waals surface area contributed by atoms with E-state index >= 15 is 0 Å². The molecular weight excluding hydrogens is 160 g/mol. The maximum Gasteiger partial charge on any atom is 0.115 e. The van der Waals surface area contributed by atoms with E-state index in [1.54, 1.807) is 6.08 Å². The van der Waals surface area contributed by atoms with Crippen molar-refractivity contribution in [1.29, 1.82) is 0 Å². The van der Waals surface area contributed by atoms with Gasteiger partial charge in [-0.1, -0.05) is 27.0 Å². The minimum Gasteiger partial charge on any atom is -0.245 e. The molecule has 0 aromatic carbocycles. The summed E-state index contributed by atoms with van der Waals surface area (Å²) in [5.41, 5.74) is 1.01. The van der Waals surface area contributed by atoms with E-state index in [4.69, 9.17) is 0 Å². The van der Waals surface area contributed by atoms with Crippen LogP contribution in [0, 0.1) is 5.92 Å². The van der Waals surface area contributed by atoms with Crippen molar-refractivity contribution in [2.75, 3.05) is 0 Å². The van der Waals surface area contributed by atoms with Gasteiger partial charge in [0.15, 0.2) is 0 Å². The van der Waals surface area contributed by atoms with Crippen molar-refractivity contribution < 1.29 is 0 Å². The maximum absolute atomic E-state index is 4.21. The molecule has 2 nitrogen and oxygen atoms in total. The Morgan fingerprint density at radius 2 is 1.92 bits per heavy atom. The molecule has 0 aliphatic heterocycles. The highest BCUT2D eigenvalue weighted by Gasteiger charge is 2.07. The summed E-state index contributed by atoms with van der Waals surface area (Å²) < 4.78 is 0. The standard InChI is InChI=1S/C11H18N2/c1-5-10(6-2)11(7-3)13-9-12-8-4/h7-10H,3-6H2,1-2H3/b12-9-,13-11+. The third kappa shape index (κ3) is 4.41. The van der Waals surface area contributed by atoms with Crippen molar-refractivity contribution in [2.24, 2.45) is 15.9 Å². The van der Waals surface area contributed by atoms with Crippen LogP contribution in [0.2, 0.25) is 0 Å². The van der Waals surface area contributed by atoms with Crippen LogP contribution in [-0.4, -0.2) is 12.1 Å². The number of hydrogen-bond acceptors (Lipinski definition) is 1. The summed E-state index contributed by atoms with van der Waals surface area (Å²) in [6.07, 6.45) is 6.96. The molecule has 0 atom stereocenters. The molecule has 0 bridgehead atoms. The fraction of sp³-hybridized carbons (Fsp3) is 0.455. The van der Waals surface area contributed by atoms with E-state index in [-0.39, 0.29) is 0 Å². The fourth-order valence-corrected chi connectivity index (χ4v) is 1.18. The molecule has 0 N–H and O–H groups in total. The highest BCUT2D eigenvalue weighted by Crippen LogP contribution is 2.10. The molecule has 0 aliphatic carbocycles. The quantitative estimate of drug-likeness (QED) is 0.440. The molecule has 0 unspecified atom stereocenters. The third-order valence-electron chi connectivity index (χ3n) is 1.99. The zero-order valence-electron chi connectivity index (χ0n) is 8.53. The van der Waals surface area contributed by atoms with E-state index in [1.165, 1.54) is 12.5 Å². The molecule has 0 saturated heterocycles. The molecular formula is C11H18N2. The second kappa shape index (κ2) is 7.47. The van der Waals surface area contributed by atoms with E-state index in [2.05, 4.69) is 37.0 Å². The summed E-state index contributed by atoms with van der Waals surface area (Å²) in [4.78, 5) is 8.02. The number of allylic oxidation sites excluding steroid dienone is 1. The summed E-state index contributed by atoms with van der Waals surface area (Å²) in [5.74, 6) is 0.494. The van der Waals surface area contributed by atoms with Gasteiger partial charge in [-0.15, -0.1) is 0 Å². The van der Waals surface area contributed by atoms with Crippen LogP contribution < -0.4 is 0 Å². The largest absolute Gasteiger partial charge is 0.245 e. The fourth-order valence-electron chi connectivity index (χ4n) is 1.18. The first-order valence-electron chi connectivity index (χ1n) is 4.62. The Bertz CT molecular complexity index is 210. The van der Waals surface area contributed by atoms with Crippen molar-refractivity contribution in [3.8, 4) is 0 Å². The third-order valence-corrected chi connectivity index (χ3v) is 1.99. The normalized spacial score (nSPS) is 12.4. The van der Waals surface area contributed by atoms with Crippen LogP contribution in [0.3, 0.4) is 0 Å². The van der Waals surface area contributed by atoms with Gasteiger partial charge < -0.3 is 0 Å². The van der Waals surface area contributed by atoms with E-state index in [0.717, 1.165) is 18.6 Å². The Balaban J connectivity index is 4.45. The number of rotatable bonds is 6. The molecule has 0 saturated carbocycles. The lowest BCUT2D eigenvalue weighted by molar-refractivity contribution is 0.646. The van der Waals surface area contributed by atoms with Crippen LogP contribution in [0.5, 0.6) is 0 Å². The second-order valence-corrected chi connectivity index (χ2v) is 2.72. The lowest BCUT2D eigenvalue weighted by Gasteiger charge is -2.10. The molecule has 0 radical (unpaired) electrons. The molecule has 2 heteroatoms. The number of nitrogens with zero attached hydrogens (tertiary/aromatic N) is 2. The van der Waals surface area contributed by atoms with Gasteiger partial charge in [0.25, 0.3) is 0 Å². The Morgan fingerprint density at radius 3 is 2.31 bits per heavy atom. The molecule has 0 rings (SSSR count). The average molecular weight is 178 g/mol. The zero-order chi connectivity index (χ0) is 10.1. The number of aliphatic imine (C=N–C) groups is 2. The molecule has 0 aromatic rings. The van der Waals surface area contributed by atoms with Crippen molar-refractivity contribution in [2.45, 2.75) is 26.7 Å². The van der Waals surface area contributed by atoms with Crippen LogP contribution in [0.1, 0.15) is 26.7 Å². The average Bonchev–Trinajstić information content (AvgIpc) is 2.17. The molecule has 72 valence electrons. The molecule has 0 fully saturated rings. The summed E-state index contributed by atoms with van der Waals surface area (Å²) >= 11 is 0. The number of hydrogen-bond donors (Lipinski definition) is 0. The first kappa shape index (κ1) is 11.8. The Labute approximate surface area is 80.8 Å². The van der Waals surface area contributed by atoms with Crippen LogP contribution in [-0.2, 0) is 0 Å².